The number of nitrogens with one attached hydrogen (secondary N) is 2. The zero-order chi connectivity index (χ0) is 23.7. The summed E-state index contributed by atoms with van der Waals surface area (Å²) < 4.78 is 14.0. The Hall–Kier alpha value is -3.65. The zero-order valence-corrected chi connectivity index (χ0v) is 19.0. The van der Waals surface area contributed by atoms with Crippen LogP contribution in [0.1, 0.15) is 23.1 Å². The van der Waals surface area contributed by atoms with Crippen LogP contribution >= 0.6 is 11.8 Å². The number of imide groups is 1. The summed E-state index contributed by atoms with van der Waals surface area (Å²) in [6.45, 7) is -0.427. The fourth-order valence-electron chi connectivity index (χ4n) is 4.48. The van der Waals surface area contributed by atoms with Gasteiger partial charge in [-0.1, -0.05) is 48.5 Å². The molecule has 0 unspecified atom stereocenters. The Labute approximate surface area is 200 Å². The first kappa shape index (κ1) is 22.2. The fraction of sp³-hybridized carbons (Fsp3) is 0.192. The van der Waals surface area contributed by atoms with E-state index in [4.69, 9.17) is 0 Å². The second kappa shape index (κ2) is 8.95. The van der Waals surface area contributed by atoms with Crippen LogP contribution in [0.3, 0.4) is 0 Å². The van der Waals surface area contributed by atoms with Crippen LogP contribution in [-0.2, 0) is 21.5 Å². The van der Waals surface area contributed by atoms with E-state index in [1.165, 1.54) is 23.9 Å². The van der Waals surface area contributed by atoms with Gasteiger partial charge in [0, 0.05) is 21.9 Å². The highest BCUT2D eigenvalue weighted by Gasteiger charge is 2.54. The summed E-state index contributed by atoms with van der Waals surface area (Å²) in [5, 5.41) is 5.58. The van der Waals surface area contributed by atoms with Gasteiger partial charge in [0.25, 0.3) is 5.91 Å². The summed E-state index contributed by atoms with van der Waals surface area (Å²) in [4.78, 5) is 40.7. The maximum absolute atomic E-state index is 14.0. The van der Waals surface area contributed by atoms with E-state index in [0.717, 1.165) is 20.9 Å². The highest BCUT2D eigenvalue weighted by atomic mass is 32.2. The lowest BCUT2D eigenvalue weighted by Crippen LogP contribution is -2.47. The van der Waals surface area contributed by atoms with Crippen LogP contribution in [-0.4, -0.2) is 35.0 Å². The number of urea groups is 1. The van der Waals surface area contributed by atoms with Gasteiger partial charge in [-0.05, 0) is 48.2 Å². The van der Waals surface area contributed by atoms with Crippen molar-refractivity contribution in [2.75, 3.05) is 17.6 Å². The van der Waals surface area contributed by atoms with Gasteiger partial charge in [0.1, 0.15) is 17.9 Å². The van der Waals surface area contributed by atoms with Crippen molar-refractivity contribution in [3.05, 3.63) is 95.3 Å². The number of carbonyl (C=O) groups is 3. The molecule has 0 saturated carbocycles. The first-order valence-electron chi connectivity index (χ1n) is 10.9. The van der Waals surface area contributed by atoms with Crippen LogP contribution < -0.4 is 10.6 Å². The van der Waals surface area contributed by atoms with Crippen molar-refractivity contribution in [1.29, 1.82) is 0 Å². The van der Waals surface area contributed by atoms with Gasteiger partial charge in [0.05, 0.1) is 0 Å². The van der Waals surface area contributed by atoms with Crippen LogP contribution in [0.2, 0.25) is 0 Å². The first-order chi connectivity index (χ1) is 16.5. The number of amides is 4. The molecular formula is C26H22FN3O3S. The molecule has 172 valence electrons. The predicted octanol–water partition coefficient (Wildman–Crippen LogP) is 4.30. The Morgan fingerprint density at radius 1 is 1.06 bits per heavy atom. The fourth-order valence-corrected chi connectivity index (χ4v) is 5.66. The second-order valence-corrected chi connectivity index (χ2v) is 9.47. The summed E-state index contributed by atoms with van der Waals surface area (Å²) in [5.41, 5.74) is 1.74. The van der Waals surface area contributed by atoms with E-state index >= 15 is 0 Å². The Morgan fingerprint density at radius 3 is 2.65 bits per heavy atom. The molecule has 1 atom stereocenters. The van der Waals surface area contributed by atoms with E-state index in [1.807, 2.05) is 48.5 Å². The molecule has 0 aromatic heterocycles. The van der Waals surface area contributed by atoms with Gasteiger partial charge in [0.2, 0.25) is 5.91 Å². The van der Waals surface area contributed by atoms with Crippen LogP contribution in [0.5, 0.6) is 0 Å². The summed E-state index contributed by atoms with van der Waals surface area (Å²) in [6, 6.07) is 20.9. The van der Waals surface area contributed by atoms with E-state index < -0.39 is 35.7 Å². The summed E-state index contributed by atoms with van der Waals surface area (Å²) in [6.07, 6.45) is 0.959. The van der Waals surface area contributed by atoms with Gasteiger partial charge < -0.3 is 10.6 Å². The minimum Gasteiger partial charge on any atom is -0.324 e. The first-order valence-corrected chi connectivity index (χ1v) is 11.9. The average molecular weight is 476 g/mol. The number of carbonyl (C=O) groups excluding carboxylic acids is 3. The second-order valence-electron chi connectivity index (χ2n) is 8.33. The molecule has 1 fully saturated rings. The third kappa shape index (κ3) is 4.05. The smallest absolute Gasteiger partial charge is 0.324 e. The average Bonchev–Trinajstić information content (AvgIpc) is 3.06. The summed E-state index contributed by atoms with van der Waals surface area (Å²) in [7, 11) is 0. The lowest BCUT2D eigenvalue weighted by atomic mass is 9.86. The third-order valence-corrected chi connectivity index (χ3v) is 7.22. The third-order valence-electron chi connectivity index (χ3n) is 6.14. The van der Waals surface area contributed by atoms with Crippen LogP contribution in [0.4, 0.5) is 14.9 Å². The highest BCUT2D eigenvalue weighted by molar-refractivity contribution is 7.99. The van der Waals surface area contributed by atoms with Gasteiger partial charge in [-0.3, -0.25) is 14.5 Å². The summed E-state index contributed by atoms with van der Waals surface area (Å²) >= 11 is 1.51. The predicted molar refractivity (Wildman–Crippen MR) is 128 cm³/mol. The number of anilines is 1. The molecule has 0 bridgehead atoms. The standard InChI is InChI=1S/C26H22FN3O3S/c27-19-10-11-22-20(15-19)26(12-13-34-22)24(32)30(25(33)29-26)16-23(31)28-21-9-5-4-8-18(21)14-17-6-2-1-3-7-17/h1-11,15H,12-14,16H2,(H,28,31)(H,29,33)/t26-/m1/s1. The van der Waals surface area contributed by atoms with Gasteiger partial charge in [0.15, 0.2) is 0 Å². The lowest BCUT2D eigenvalue weighted by Gasteiger charge is -2.32. The Balaban J connectivity index is 1.34. The molecule has 2 aliphatic rings. The number of fused-ring (bicyclic) bond motifs is 2. The van der Waals surface area contributed by atoms with Gasteiger partial charge in [-0.2, -0.15) is 0 Å². The molecule has 3 aromatic rings. The molecule has 4 amide bonds. The van der Waals surface area contributed by atoms with E-state index in [0.29, 0.717) is 29.8 Å². The Bertz CT molecular complexity index is 1280. The molecule has 5 rings (SSSR count). The largest absolute Gasteiger partial charge is 0.325 e. The molecule has 2 N–H and O–H groups in total. The molecule has 1 spiro atoms. The van der Waals surface area contributed by atoms with Gasteiger partial charge >= 0.3 is 6.03 Å². The number of hydrogen-bond donors (Lipinski definition) is 2. The van der Waals surface area contributed by atoms with Crippen molar-refractivity contribution in [2.24, 2.45) is 0 Å². The normalized spacial score (nSPS) is 19.1. The number of nitrogens with zero attached hydrogens (tertiary/aromatic N) is 1. The van der Waals surface area contributed by atoms with E-state index in [1.54, 1.807) is 12.1 Å². The summed E-state index contributed by atoms with van der Waals surface area (Å²) in [5.74, 6) is -0.894. The molecule has 2 heterocycles. The highest BCUT2D eigenvalue weighted by Crippen LogP contribution is 2.43. The number of halogens is 1. The van der Waals surface area contributed by atoms with Gasteiger partial charge in [-0.25, -0.2) is 9.18 Å². The van der Waals surface area contributed by atoms with Crippen molar-refractivity contribution in [3.8, 4) is 0 Å². The van der Waals surface area contributed by atoms with Crippen molar-refractivity contribution in [1.82, 2.24) is 10.2 Å². The Morgan fingerprint density at radius 2 is 1.82 bits per heavy atom. The minimum absolute atomic E-state index is 0.330. The number of thioether (sulfide) groups is 1. The van der Waals surface area contributed by atoms with Gasteiger partial charge in [-0.15, -0.1) is 11.8 Å². The molecule has 1 saturated heterocycles. The molecule has 3 aromatic carbocycles. The molecule has 6 nitrogen and oxygen atoms in total. The lowest BCUT2D eigenvalue weighted by molar-refractivity contribution is -0.134. The van der Waals surface area contributed by atoms with Crippen LogP contribution in [0.15, 0.2) is 77.7 Å². The SMILES string of the molecule is O=C(CN1C(=O)N[C@@]2(CCSc3ccc(F)cc32)C1=O)Nc1ccccc1Cc1ccccc1. The molecule has 8 heteroatoms. The molecular weight excluding hydrogens is 453 g/mol. The van der Waals surface area contributed by atoms with E-state index in [2.05, 4.69) is 10.6 Å². The number of hydrogen-bond acceptors (Lipinski definition) is 4. The quantitative estimate of drug-likeness (QED) is 0.540. The number of benzene rings is 3. The molecule has 0 radical (unpaired) electrons. The number of para-hydroxylation sites is 1. The minimum atomic E-state index is -1.34. The molecule has 0 aliphatic carbocycles. The topological polar surface area (TPSA) is 78.5 Å². The van der Waals surface area contributed by atoms with Crippen LogP contribution in [0.25, 0.3) is 0 Å². The van der Waals surface area contributed by atoms with Crippen LogP contribution in [0, 0.1) is 5.82 Å². The van der Waals surface area contributed by atoms with Crippen molar-refractivity contribution in [2.45, 2.75) is 23.3 Å². The number of rotatable bonds is 5. The maximum atomic E-state index is 14.0. The van der Waals surface area contributed by atoms with E-state index in [-0.39, 0.29) is 0 Å². The van der Waals surface area contributed by atoms with Crippen molar-refractivity contribution in [3.63, 3.8) is 0 Å². The maximum Gasteiger partial charge on any atom is 0.325 e. The molecule has 34 heavy (non-hydrogen) atoms. The van der Waals surface area contributed by atoms with Crippen molar-refractivity contribution < 1.29 is 18.8 Å². The molecule has 2 aliphatic heterocycles. The Kier molecular flexibility index (Phi) is 5.83. The van der Waals surface area contributed by atoms with Crippen molar-refractivity contribution >= 4 is 35.3 Å². The zero-order valence-electron chi connectivity index (χ0n) is 18.2. The monoisotopic (exact) mass is 475 g/mol. The van der Waals surface area contributed by atoms with E-state index in [9.17, 15) is 18.8 Å².